The van der Waals surface area contributed by atoms with Crippen LogP contribution in [0, 0.1) is 0 Å². The smallest absolute Gasteiger partial charge is 0.267 e. The van der Waals surface area contributed by atoms with Crippen molar-refractivity contribution in [3.05, 3.63) is 56.2 Å². The van der Waals surface area contributed by atoms with Gasteiger partial charge in [-0.05, 0) is 50.4 Å². The lowest BCUT2D eigenvalue weighted by Crippen LogP contribution is -2.55. The number of benzene rings is 1. The van der Waals surface area contributed by atoms with Crippen LogP contribution in [0.15, 0.2) is 35.7 Å². The molecular weight excluding hydrogens is 355 g/mol. The number of hydrazine groups is 1. The average Bonchev–Trinajstić information content (AvgIpc) is 3.00. The number of nitrogens with one attached hydrogen (secondary N) is 1. The standard InChI is InChI=1S/C16H16Cl2N2O2S/c1-16(2,3)20(19-14(21)13-5-4-8-23-13)15(22)10-6-7-11(17)12(18)9-10/h4-9H,1-3H3,(H,19,21). The molecule has 1 aromatic heterocycles. The fraction of sp³-hybridized carbons (Fsp3) is 0.250. The molecule has 0 radical (unpaired) electrons. The molecule has 0 saturated heterocycles. The first-order valence-electron chi connectivity index (χ1n) is 6.84. The van der Waals surface area contributed by atoms with Crippen LogP contribution >= 0.6 is 34.5 Å². The largest absolute Gasteiger partial charge is 0.279 e. The molecule has 1 aromatic carbocycles. The lowest BCUT2D eigenvalue weighted by molar-refractivity contribution is 0.0360. The molecular formula is C16H16Cl2N2O2S. The Morgan fingerprint density at radius 1 is 1.13 bits per heavy atom. The Balaban J connectivity index is 2.29. The summed E-state index contributed by atoms with van der Waals surface area (Å²) in [5.41, 5.74) is 2.40. The van der Waals surface area contributed by atoms with Crippen molar-refractivity contribution in [3.8, 4) is 0 Å². The van der Waals surface area contributed by atoms with Crippen LogP contribution in [0.5, 0.6) is 0 Å². The molecule has 2 rings (SSSR count). The van der Waals surface area contributed by atoms with Crippen molar-refractivity contribution in [3.63, 3.8) is 0 Å². The van der Waals surface area contributed by atoms with Crippen molar-refractivity contribution >= 4 is 46.4 Å². The second kappa shape index (κ2) is 6.91. The lowest BCUT2D eigenvalue weighted by atomic mass is 10.1. The van der Waals surface area contributed by atoms with E-state index < -0.39 is 5.54 Å². The molecule has 7 heteroatoms. The van der Waals surface area contributed by atoms with Crippen molar-refractivity contribution in [1.82, 2.24) is 10.4 Å². The van der Waals surface area contributed by atoms with E-state index in [2.05, 4.69) is 5.43 Å². The minimum absolute atomic E-state index is 0.288. The predicted molar refractivity (Wildman–Crippen MR) is 94.2 cm³/mol. The first kappa shape index (κ1) is 17.8. The number of carbonyl (C=O) groups is 2. The van der Waals surface area contributed by atoms with Crippen molar-refractivity contribution in [1.29, 1.82) is 0 Å². The van der Waals surface area contributed by atoms with Gasteiger partial charge in [0.15, 0.2) is 0 Å². The van der Waals surface area contributed by atoms with Gasteiger partial charge in [0.25, 0.3) is 11.8 Å². The molecule has 122 valence electrons. The Morgan fingerprint density at radius 2 is 1.83 bits per heavy atom. The molecule has 0 aliphatic rings. The van der Waals surface area contributed by atoms with Crippen molar-refractivity contribution in [2.24, 2.45) is 0 Å². The summed E-state index contributed by atoms with van der Waals surface area (Å²) in [6, 6.07) is 8.10. The third-order valence-electron chi connectivity index (χ3n) is 3.00. The van der Waals surface area contributed by atoms with Gasteiger partial charge in [0.2, 0.25) is 0 Å². The van der Waals surface area contributed by atoms with Crippen molar-refractivity contribution < 1.29 is 9.59 Å². The van der Waals surface area contributed by atoms with Gasteiger partial charge in [-0.15, -0.1) is 11.3 Å². The van der Waals surface area contributed by atoms with E-state index in [0.29, 0.717) is 15.5 Å². The Hall–Kier alpha value is -1.56. The number of rotatable bonds is 2. The number of nitrogens with zero attached hydrogens (tertiary/aromatic N) is 1. The summed E-state index contributed by atoms with van der Waals surface area (Å²) in [6.07, 6.45) is 0. The maximum atomic E-state index is 12.8. The minimum Gasteiger partial charge on any atom is -0.267 e. The molecule has 0 aliphatic heterocycles. The monoisotopic (exact) mass is 370 g/mol. The molecule has 2 amide bonds. The Labute approximate surface area is 149 Å². The first-order valence-corrected chi connectivity index (χ1v) is 8.48. The number of carbonyl (C=O) groups excluding carboxylic acids is 2. The highest BCUT2D eigenvalue weighted by Crippen LogP contribution is 2.24. The lowest BCUT2D eigenvalue weighted by Gasteiger charge is -2.35. The van der Waals surface area contributed by atoms with Gasteiger partial charge in [-0.2, -0.15) is 0 Å². The summed E-state index contributed by atoms with van der Waals surface area (Å²) >= 11 is 13.2. The molecule has 0 fully saturated rings. The van der Waals surface area contributed by atoms with E-state index in [9.17, 15) is 9.59 Å². The van der Waals surface area contributed by atoms with Crippen LogP contribution in [-0.4, -0.2) is 22.4 Å². The number of hydrogen-bond acceptors (Lipinski definition) is 3. The Morgan fingerprint density at radius 3 is 2.35 bits per heavy atom. The van der Waals surface area contributed by atoms with Crippen LogP contribution in [0.2, 0.25) is 10.0 Å². The number of hydrogen-bond donors (Lipinski definition) is 1. The summed E-state index contributed by atoms with van der Waals surface area (Å²) in [6.45, 7) is 5.49. The van der Waals surface area contributed by atoms with Crippen LogP contribution < -0.4 is 5.43 Å². The molecule has 0 aliphatic carbocycles. The second-order valence-corrected chi connectivity index (χ2v) is 7.62. The van der Waals surface area contributed by atoms with Gasteiger partial charge in [-0.1, -0.05) is 29.3 Å². The van der Waals surface area contributed by atoms with Crippen LogP contribution in [-0.2, 0) is 0 Å². The van der Waals surface area contributed by atoms with Gasteiger partial charge in [-0.3, -0.25) is 15.0 Å². The molecule has 0 bridgehead atoms. The molecule has 4 nitrogen and oxygen atoms in total. The van der Waals surface area contributed by atoms with Crippen LogP contribution in [0.1, 0.15) is 40.8 Å². The van der Waals surface area contributed by atoms with E-state index >= 15 is 0 Å². The fourth-order valence-electron chi connectivity index (χ4n) is 1.85. The van der Waals surface area contributed by atoms with Gasteiger partial charge < -0.3 is 0 Å². The van der Waals surface area contributed by atoms with E-state index in [0.717, 1.165) is 0 Å². The summed E-state index contributed by atoms with van der Waals surface area (Å²) in [7, 11) is 0. The van der Waals surface area contributed by atoms with Gasteiger partial charge in [-0.25, -0.2) is 5.01 Å². The maximum absolute atomic E-state index is 12.8. The van der Waals surface area contributed by atoms with Gasteiger partial charge >= 0.3 is 0 Å². The molecule has 0 spiro atoms. The highest BCUT2D eigenvalue weighted by molar-refractivity contribution is 7.12. The van der Waals surface area contributed by atoms with Gasteiger partial charge in [0.05, 0.1) is 20.5 Å². The Kier molecular flexibility index (Phi) is 5.34. The third-order valence-corrected chi connectivity index (χ3v) is 4.61. The zero-order valence-corrected chi connectivity index (χ0v) is 15.2. The summed E-state index contributed by atoms with van der Waals surface area (Å²) in [4.78, 5) is 25.6. The number of halogens is 2. The highest BCUT2D eigenvalue weighted by atomic mass is 35.5. The SMILES string of the molecule is CC(C)(C)N(NC(=O)c1cccs1)C(=O)c1ccc(Cl)c(Cl)c1. The maximum Gasteiger partial charge on any atom is 0.279 e. The van der Waals surface area contributed by atoms with Crippen LogP contribution in [0.3, 0.4) is 0 Å². The topological polar surface area (TPSA) is 49.4 Å². The summed E-state index contributed by atoms with van der Waals surface area (Å²) in [5.74, 6) is -0.690. The summed E-state index contributed by atoms with van der Waals surface area (Å²) < 4.78 is 0. The fourth-order valence-corrected chi connectivity index (χ4v) is 2.76. The predicted octanol–water partition coefficient (Wildman–Crippen LogP) is 4.64. The van der Waals surface area contributed by atoms with Crippen molar-refractivity contribution in [2.45, 2.75) is 26.3 Å². The zero-order valence-electron chi connectivity index (χ0n) is 12.9. The van der Waals surface area contributed by atoms with E-state index in [-0.39, 0.29) is 16.8 Å². The summed E-state index contributed by atoms with van der Waals surface area (Å²) in [5, 5.41) is 3.76. The molecule has 1 heterocycles. The van der Waals surface area contributed by atoms with E-state index in [1.165, 1.54) is 22.4 Å². The van der Waals surface area contributed by atoms with Crippen LogP contribution in [0.25, 0.3) is 0 Å². The molecule has 1 N–H and O–H groups in total. The average molecular weight is 371 g/mol. The Bertz CT molecular complexity index is 724. The van der Waals surface area contributed by atoms with Gasteiger partial charge in [0, 0.05) is 5.56 Å². The molecule has 0 saturated carbocycles. The molecule has 0 atom stereocenters. The van der Waals surface area contributed by atoms with E-state index in [1.807, 2.05) is 20.8 Å². The molecule has 2 aromatic rings. The number of thiophene rings is 1. The third kappa shape index (κ3) is 4.25. The zero-order chi connectivity index (χ0) is 17.2. The molecule has 23 heavy (non-hydrogen) atoms. The normalized spacial score (nSPS) is 11.2. The van der Waals surface area contributed by atoms with Crippen LogP contribution in [0.4, 0.5) is 0 Å². The quantitative estimate of drug-likeness (QED) is 0.782. The van der Waals surface area contributed by atoms with Crippen molar-refractivity contribution in [2.75, 3.05) is 0 Å². The van der Waals surface area contributed by atoms with E-state index in [4.69, 9.17) is 23.2 Å². The molecule has 0 unspecified atom stereocenters. The van der Waals surface area contributed by atoms with Gasteiger partial charge in [0.1, 0.15) is 0 Å². The number of amides is 2. The minimum atomic E-state index is -0.615. The van der Waals surface area contributed by atoms with E-state index in [1.54, 1.807) is 29.6 Å². The second-order valence-electron chi connectivity index (χ2n) is 5.86. The highest BCUT2D eigenvalue weighted by Gasteiger charge is 2.30. The first-order chi connectivity index (χ1) is 10.7.